The van der Waals surface area contributed by atoms with Crippen LogP contribution in [-0.2, 0) is 11.2 Å². The van der Waals surface area contributed by atoms with Crippen molar-refractivity contribution in [2.75, 3.05) is 0 Å². The third-order valence-corrected chi connectivity index (χ3v) is 4.61. The molecule has 0 aliphatic heterocycles. The van der Waals surface area contributed by atoms with Crippen LogP contribution in [0.2, 0.25) is 5.02 Å². The Kier molecular flexibility index (Phi) is 5.08. The molecule has 0 radical (unpaired) electrons. The van der Waals surface area contributed by atoms with Crippen molar-refractivity contribution in [2.45, 2.75) is 6.42 Å². The van der Waals surface area contributed by atoms with Crippen LogP contribution in [-0.4, -0.2) is 16.1 Å². The number of carboxylic acids is 1. The summed E-state index contributed by atoms with van der Waals surface area (Å²) in [6, 6.07) is 15.0. The standard InChI is InChI=1S/C19H14ClNO2S/c20-16-8-5-14(6-9-16)19-21-17(12-24-19)10-7-13-3-1-2-4-15(13)11-18(22)23/h1-10,12H,11H2,(H,22,23)/b10-7+. The molecule has 0 spiro atoms. The van der Waals surface area contributed by atoms with Gasteiger partial charge in [-0.25, -0.2) is 4.98 Å². The van der Waals surface area contributed by atoms with Crippen LogP contribution in [0.4, 0.5) is 0 Å². The van der Waals surface area contributed by atoms with Crippen molar-refractivity contribution in [1.82, 2.24) is 4.98 Å². The molecule has 5 heteroatoms. The zero-order chi connectivity index (χ0) is 16.9. The second-order valence-corrected chi connectivity index (χ2v) is 6.48. The molecule has 3 aromatic rings. The molecule has 1 aromatic heterocycles. The van der Waals surface area contributed by atoms with E-state index in [-0.39, 0.29) is 6.42 Å². The van der Waals surface area contributed by atoms with Gasteiger partial charge in [0.1, 0.15) is 5.01 Å². The number of aliphatic carboxylic acids is 1. The van der Waals surface area contributed by atoms with Crippen LogP contribution in [0.15, 0.2) is 53.9 Å². The summed E-state index contributed by atoms with van der Waals surface area (Å²) < 4.78 is 0. The zero-order valence-electron chi connectivity index (χ0n) is 12.6. The van der Waals surface area contributed by atoms with Gasteiger partial charge in [0.05, 0.1) is 12.1 Å². The lowest BCUT2D eigenvalue weighted by molar-refractivity contribution is -0.136. The number of carboxylic acid groups (broad SMARTS) is 1. The maximum Gasteiger partial charge on any atom is 0.307 e. The van der Waals surface area contributed by atoms with Gasteiger partial charge in [-0.15, -0.1) is 11.3 Å². The highest BCUT2D eigenvalue weighted by molar-refractivity contribution is 7.13. The molecule has 0 unspecified atom stereocenters. The normalized spacial score (nSPS) is 11.0. The van der Waals surface area contributed by atoms with Crippen LogP contribution in [0, 0.1) is 0 Å². The van der Waals surface area contributed by atoms with Crippen LogP contribution < -0.4 is 0 Å². The molecule has 0 saturated carbocycles. The second kappa shape index (κ2) is 7.43. The number of benzene rings is 2. The van der Waals surface area contributed by atoms with Crippen LogP contribution in [0.5, 0.6) is 0 Å². The molecule has 0 saturated heterocycles. The number of aromatic nitrogens is 1. The minimum Gasteiger partial charge on any atom is -0.481 e. The van der Waals surface area contributed by atoms with E-state index in [1.54, 1.807) is 11.3 Å². The lowest BCUT2D eigenvalue weighted by atomic mass is 10.0. The van der Waals surface area contributed by atoms with Gasteiger partial charge in [0.2, 0.25) is 0 Å². The van der Waals surface area contributed by atoms with Crippen molar-refractivity contribution in [1.29, 1.82) is 0 Å². The summed E-state index contributed by atoms with van der Waals surface area (Å²) in [4.78, 5) is 15.5. The summed E-state index contributed by atoms with van der Waals surface area (Å²) in [5.74, 6) is -0.838. The Bertz CT molecular complexity index is 884. The Labute approximate surface area is 148 Å². The average Bonchev–Trinajstić information content (AvgIpc) is 3.03. The molecule has 3 nitrogen and oxygen atoms in total. The molecule has 1 N–H and O–H groups in total. The predicted molar refractivity (Wildman–Crippen MR) is 99.3 cm³/mol. The molecule has 120 valence electrons. The van der Waals surface area contributed by atoms with Crippen molar-refractivity contribution < 1.29 is 9.90 Å². The van der Waals surface area contributed by atoms with E-state index in [1.807, 2.05) is 66.1 Å². The summed E-state index contributed by atoms with van der Waals surface area (Å²) >= 11 is 7.46. The highest BCUT2D eigenvalue weighted by Gasteiger charge is 2.05. The van der Waals surface area contributed by atoms with Gasteiger partial charge in [0.15, 0.2) is 0 Å². The van der Waals surface area contributed by atoms with Gasteiger partial charge >= 0.3 is 5.97 Å². The minimum atomic E-state index is -0.838. The van der Waals surface area contributed by atoms with Crippen LogP contribution >= 0.6 is 22.9 Å². The topological polar surface area (TPSA) is 50.2 Å². The van der Waals surface area contributed by atoms with Crippen molar-refractivity contribution in [3.63, 3.8) is 0 Å². The number of carbonyl (C=O) groups is 1. The van der Waals surface area contributed by atoms with Crippen molar-refractivity contribution >= 4 is 41.1 Å². The van der Waals surface area contributed by atoms with E-state index in [4.69, 9.17) is 16.7 Å². The fraction of sp³-hybridized carbons (Fsp3) is 0.0526. The summed E-state index contributed by atoms with van der Waals surface area (Å²) in [5, 5.41) is 12.6. The van der Waals surface area contributed by atoms with E-state index < -0.39 is 5.97 Å². The SMILES string of the molecule is O=C(O)Cc1ccccc1/C=C/c1csc(-c2ccc(Cl)cc2)n1. The van der Waals surface area contributed by atoms with Gasteiger partial charge in [-0.3, -0.25) is 4.79 Å². The molecule has 24 heavy (non-hydrogen) atoms. The lowest BCUT2D eigenvalue weighted by Crippen LogP contribution is -2.01. The third-order valence-electron chi connectivity index (χ3n) is 3.44. The zero-order valence-corrected chi connectivity index (χ0v) is 14.2. The Morgan fingerprint density at radius 2 is 1.88 bits per heavy atom. The van der Waals surface area contributed by atoms with Gasteiger partial charge in [-0.05, 0) is 29.3 Å². The molecule has 0 aliphatic carbocycles. The Hall–Kier alpha value is -2.43. The van der Waals surface area contributed by atoms with Gasteiger partial charge in [0, 0.05) is 16.0 Å². The molecule has 0 bridgehead atoms. The fourth-order valence-corrected chi connectivity index (χ4v) is 3.20. The molecular weight excluding hydrogens is 342 g/mol. The molecule has 1 heterocycles. The molecule has 0 atom stereocenters. The third kappa shape index (κ3) is 4.10. The maximum absolute atomic E-state index is 10.9. The fourth-order valence-electron chi connectivity index (χ4n) is 2.28. The first-order valence-electron chi connectivity index (χ1n) is 7.31. The monoisotopic (exact) mass is 355 g/mol. The van der Waals surface area contributed by atoms with E-state index in [0.29, 0.717) is 5.02 Å². The Balaban J connectivity index is 1.81. The van der Waals surface area contributed by atoms with Gasteiger partial charge in [-0.2, -0.15) is 0 Å². The van der Waals surface area contributed by atoms with E-state index in [9.17, 15) is 4.79 Å². The van der Waals surface area contributed by atoms with Crippen molar-refractivity contribution in [3.8, 4) is 10.6 Å². The number of nitrogens with zero attached hydrogens (tertiary/aromatic N) is 1. The molecule has 0 amide bonds. The number of hydrogen-bond donors (Lipinski definition) is 1. The van der Waals surface area contributed by atoms with Crippen LogP contribution in [0.3, 0.4) is 0 Å². The highest BCUT2D eigenvalue weighted by atomic mass is 35.5. The Morgan fingerprint density at radius 1 is 1.12 bits per heavy atom. The van der Waals surface area contributed by atoms with E-state index in [1.165, 1.54) is 0 Å². The number of thiazole rings is 1. The smallest absolute Gasteiger partial charge is 0.307 e. The van der Waals surface area contributed by atoms with Crippen molar-refractivity contribution in [2.24, 2.45) is 0 Å². The quantitative estimate of drug-likeness (QED) is 0.679. The summed E-state index contributed by atoms with van der Waals surface area (Å²) in [6.07, 6.45) is 3.81. The van der Waals surface area contributed by atoms with Crippen LogP contribution in [0.25, 0.3) is 22.7 Å². The largest absolute Gasteiger partial charge is 0.481 e. The average molecular weight is 356 g/mol. The number of halogens is 1. The van der Waals surface area contributed by atoms with E-state index in [0.717, 1.165) is 27.4 Å². The Morgan fingerprint density at radius 3 is 2.62 bits per heavy atom. The lowest BCUT2D eigenvalue weighted by Gasteiger charge is -2.02. The summed E-state index contributed by atoms with van der Waals surface area (Å²) in [6.45, 7) is 0. The summed E-state index contributed by atoms with van der Waals surface area (Å²) in [7, 11) is 0. The molecule has 0 aliphatic rings. The summed E-state index contributed by atoms with van der Waals surface area (Å²) in [5.41, 5.74) is 3.54. The minimum absolute atomic E-state index is 0.00754. The molecule has 0 fully saturated rings. The van der Waals surface area contributed by atoms with Gasteiger partial charge in [-0.1, -0.05) is 54.1 Å². The van der Waals surface area contributed by atoms with Crippen molar-refractivity contribution in [3.05, 3.63) is 75.8 Å². The number of hydrogen-bond acceptors (Lipinski definition) is 3. The number of rotatable bonds is 5. The highest BCUT2D eigenvalue weighted by Crippen LogP contribution is 2.26. The van der Waals surface area contributed by atoms with Gasteiger partial charge < -0.3 is 5.11 Å². The molecule has 2 aromatic carbocycles. The maximum atomic E-state index is 10.9. The second-order valence-electron chi connectivity index (χ2n) is 5.19. The van der Waals surface area contributed by atoms with Gasteiger partial charge in [0.25, 0.3) is 0 Å². The first-order valence-corrected chi connectivity index (χ1v) is 8.57. The van der Waals surface area contributed by atoms with Crippen LogP contribution in [0.1, 0.15) is 16.8 Å². The predicted octanol–water partition coefficient (Wildman–Crippen LogP) is 5.26. The first-order chi connectivity index (χ1) is 11.6. The molecular formula is C19H14ClNO2S. The molecule has 3 rings (SSSR count). The van der Waals surface area contributed by atoms with E-state index in [2.05, 4.69) is 4.98 Å². The van der Waals surface area contributed by atoms with E-state index >= 15 is 0 Å². The first kappa shape index (κ1) is 16.4.